The minimum atomic E-state index is 0.117. The van der Waals surface area contributed by atoms with Crippen LogP contribution >= 0.6 is 15.9 Å². The highest BCUT2D eigenvalue weighted by Gasteiger charge is 2.37. The number of rotatable bonds is 2. The molecule has 1 aliphatic carbocycles. The van der Waals surface area contributed by atoms with E-state index in [1.54, 1.807) is 0 Å². The van der Waals surface area contributed by atoms with E-state index < -0.39 is 0 Å². The Morgan fingerprint density at radius 1 is 1.41 bits per heavy atom. The van der Waals surface area contributed by atoms with Gasteiger partial charge in [0.15, 0.2) is 0 Å². The van der Waals surface area contributed by atoms with Gasteiger partial charge >= 0.3 is 0 Å². The van der Waals surface area contributed by atoms with Gasteiger partial charge in [0.1, 0.15) is 5.84 Å². The summed E-state index contributed by atoms with van der Waals surface area (Å²) in [6.45, 7) is 1.19. The second kappa shape index (κ2) is 4.02. The lowest BCUT2D eigenvalue weighted by Crippen LogP contribution is -2.31. The number of halogens is 1. The van der Waals surface area contributed by atoms with Crippen molar-refractivity contribution in [3.63, 3.8) is 0 Å². The van der Waals surface area contributed by atoms with Crippen LogP contribution in [0.15, 0.2) is 22.7 Å². The number of piperidine rings is 1. The Hall–Kier alpha value is -1.03. The number of hydrogen-bond donors (Lipinski definition) is 2. The maximum atomic E-state index is 7.47. The molecule has 2 fully saturated rings. The highest BCUT2D eigenvalue weighted by molar-refractivity contribution is 9.10. The Morgan fingerprint density at radius 3 is 2.76 bits per heavy atom. The molecule has 3 N–H and O–H groups in total. The van der Waals surface area contributed by atoms with Gasteiger partial charge in [-0.05, 0) is 59.3 Å². The number of benzene rings is 1. The smallest absolute Gasteiger partial charge is 0.123 e. The molecule has 0 spiro atoms. The molecule has 2 aliphatic rings. The molecular formula is C13H16BrN3. The molecule has 3 nitrogen and oxygen atoms in total. The van der Waals surface area contributed by atoms with E-state index in [0.717, 1.165) is 22.0 Å². The number of nitrogen functional groups attached to an aromatic ring is 1. The third kappa shape index (κ3) is 1.84. The summed E-state index contributed by atoms with van der Waals surface area (Å²) in [5, 5.41) is 7.47. The number of fused-ring (bicyclic) bond motifs is 2. The fourth-order valence-corrected chi connectivity index (χ4v) is 3.72. The van der Waals surface area contributed by atoms with Gasteiger partial charge < -0.3 is 10.6 Å². The summed E-state index contributed by atoms with van der Waals surface area (Å²) in [7, 11) is 0. The lowest BCUT2D eigenvalue weighted by Gasteiger charge is -2.29. The molecule has 1 aromatic rings. The van der Waals surface area contributed by atoms with E-state index in [9.17, 15) is 0 Å². The number of nitrogens with zero attached hydrogens (tertiary/aromatic N) is 1. The molecule has 1 aromatic carbocycles. The molecule has 2 unspecified atom stereocenters. The lowest BCUT2D eigenvalue weighted by molar-refractivity contribution is 0.553. The molecule has 2 atom stereocenters. The zero-order valence-corrected chi connectivity index (χ0v) is 11.2. The third-order valence-corrected chi connectivity index (χ3v) is 4.64. The van der Waals surface area contributed by atoms with Gasteiger partial charge in [-0.25, -0.2) is 0 Å². The molecule has 1 aliphatic heterocycles. The summed E-state index contributed by atoms with van der Waals surface area (Å²) in [6.07, 6.45) is 4.08. The van der Waals surface area contributed by atoms with Crippen LogP contribution in [0.5, 0.6) is 0 Å². The number of anilines is 1. The van der Waals surface area contributed by atoms with Crippen molar-refractivity contribution in [1.82, 2.24) is 0 Å². The van der Waals surface area contributed by atoms with Crippen molar-refractivity contribution in [3.8, 4) is 0 Å². The predicted molar refractivity (Wildman–Crippen MR) is 73.6 cm³/mol. The van der Waals surface area contributed by atoms with Crippen LogP contribution in [-0.2, 0) is 0 Å². The zero-order chi connectivity index (χ0) is 12.0. The molecule has 1 saturated heterocycles. The molecule has 0 radical (unpaired) electrons. The summed E-state index contributed by atoms with van der Waals surface area (Å²) in [6, 6.07) is 6.85. The van der Waals surface area contributed by atoms with Crippen LogP contribution < -0.4 is 10.6 Å². The number of amidine groups is 1. The molecule has 90 valence electrons. The zero-order valence-electron chi connectivity index (χ0n) is 9.62. The van der Waals surface area contributed by atoms with Gasteiger partial charge in [-0.3, -0.25) is 5.41 Å². The minimum absolute atomic E-state index is 0.117. The topological polar surface area (TPSA) is 53.1 Å². The van der Waals surface area contributed by atoms with Crippen LogP contribution in [0.25, 0.3) is 0 Å². The summed E-state index contributed by atoms with van der Waals surface area (Å²) in [4.78, 5) is 2.50. The highest BCUT2D eigenvalue weighted by Crippen LogP contribution is 2.40. The predicted octanol–water partition coefficient (Wildman–Crippen LogP) is 2.72. The molecule has 3 rings (SSSR count). The Labute approximate surface area is 110 Å². The van der Waals surface area contributed by atoms with Crippen LogP contribution in [-0.4, -0.2) is 18.4 Å². The largest absolute Gasteiger partial charge is 0.384 e. The Balaban J connectivity index is 1.89. The van der Waals surface area contributed by atoms with Crippen molar-refractivity contribution in [1.29, 1.82) is 5.41 Å². The molecular weight excluding hydrogens is 278 g/mol. The van der Waals surface area contributed by atoms with Crippen molar-refractivity contribution in [2.45, 2.75) is 25.3 Å². The quantitative estimate of drug-likeness (QED) is 0.651. The Kier molecular flexibility index (Phi) is 2.62. The fraction of sp³-hybridized carbons (Fsp3) is 0.462. The molecule has 4 heteroatoms. The molecule has 1 heterocycles. The maximum Gasteiger partial charge on any atom is 0.123 e. The molecule has 1 saturated carbocycles. The average molecular weight is 294 g/mol. The van der Waals surface area contributed by atoms with Crippen molar-refractivity contribution in [3.05, 3.63) is 28.2 Å². The van der Waals surface area contributed by atoms with Crippen molar-refractivity contribution in [2.24, 2.45) is 11.7 Å². The highest BCUT2D eigenvalue weighted by atomic mass is 79.9. The van der Waals surface area contributed by atoms with Gasteiger partial charge in [-0.1, -0.05) is 0 Å². The van der Waals surface area contributed by atoms with Crippen molar-refractivity contribution < 1.29 is 0 Å². The number of nitrogens with one attached hydrogen (secondary N) is 1. The first-order chi connectivity index (χ1) is 8.15. The first-order valence-electron chi connectivity index (χ1n) is 6.05. The number of hydrogen-bond acceptors (Lipinski definition) is 2. The van der Waals surface area contributed by atoms with Gasteiger partial charge in [-0.2, -0.15) is 0 Å². The number of nitrogens with two attached hydrogens (primary N) is 1. The molecule has 17 heavy (non-hydrogen) atoms. The normalized spacial score (nSPS) is 26.5. The van der Waals surface area contributed by atoms with Crippen LogP contribution in [0.1, 0.15) is 24.8 Å². The Bertz CT molecular complexity index is 472. The fourth-order valence-electron chi connectivity index (χ4n) is 3.14. The lowest BCUT2D eigenvalue weighted by atomic mass is 10.1. The van der Waals surface area contributed by atoms with Crippen LogP contribution in [0.4, 0.5) is 5.69 Å². The van der Waals surface area contributed by atoms with Gasteiger partial charge in [-0.15, -0.1) is 0 Å². The minimum Gasteiger partial charge on any atom is -0.384 e. The SMILES string of the molecule is N=C(N)c1ccc(N2CC3CCC2C3)cc1Br. The summed E-state index contributed by atoms with van der Waals surface area (Å²) in [5.41, 5.74) is 7.55. The second-order valence-electron chi connectivity index (χ2n) is 5.06. The van der Waals surface area contributed by atoms with Crippen LogP contribution in [0, 0.1) is 11.3 Å². The summed E-state index contributed by atoms with van der Waals surface area (Å²) in [5.74, 6) is 1.01. The average Bonchev–Trinajstić information content (AvgIpc) is 2.89. The van der Waals surface area contributed by atoms with E-state index in [2.05, 4.69) is 33.0 Å². The molecule has 0 amide bonds. The maximum absolute atomic E-state index is 7.47. The first kappa shape index (κ1) is 11.1. The van der Waals surface area contributed by atoms with Gasteiger partial charge in [0.2, 0.25) is 0 Å². The first-order valence-corrected chi connectivity index (χ1v) is 6.85. The third-order valence-electron chi connectivity index (χ3n) is 3.98. The van der Waals surface area contributed by atoms with E-state index >= 15 is 0 Å². The monoisotopic (exact) mass is 293 g/mol. The molecule has 0 aromatic heterocycles. The molecule has 2 bridgehead atoms. The van der Waals surface area contributed by atoms with Gasteiger partial charge in [0.05, 0.1) is 0 Å². The van der Waals surface area contributed by atoms with Crippen LogP contribution in [0.2, 0.25) is 0 Å². The van der Waals surface area contributed by atoms with Crippen molar-refractivity contribution in [2.75, 3.05) is 11.4 Å². The van der Waals surface area contributed by atoms with E-state index in [1.807, 2.05) is 6.07 Å². The summed E-state index contributed by atoms with van der Waals surface area (Å²) < 4.78 is 0.922. The second-order valence-corrected chi connectivity index (χ2v) is 5.92. The standard InChI is InChI=1S/C13H16BrN3/c14-12-6-10(3-4-11(12)13(15)16)17-7-8-1-2-9(17)5-8/h3-4,6,8-9H,1-2,5,7H2,(H3,15,16). The van der Waals surface area contributed by atoms with E-state index in [1.165, 1.54) is 31.5 Å². The van der Waals surface area contributed by atoms with E-state index in [4.69, 9.17) is 11.1 Å². The van der Waals surface area contributed by atoms with Gasteiger partial charge in [0, 0.05) is 28.3 Å². The Morgan fingerprint density at radius 2 is 2.24 bits per heavy atom. The summed E-state index contributed by atoms with van der Waals surface area (Å²) >= 11 is 3.50. The van der Waals surface area contributed by atoms with Gasteiger partial charge in [0.25, 0.3) is 0 Å². The van der Waals surface area contributed by atoms with Crippen LogP contribution in [0.3, 0.4) is 0 Å². The van der Waals surface area contributed by atoms with E-state index in [-0.39, 0.29) is 5.84 Å². The van der Waals surface area contributed by atoms with E-state index in [0.29, 0.717) is 0 Å². The van der Waals surface area contributed by atoms with Crippen molar-refractivity contribution >= 4 is 27.5 Å².